The van der Waals surface area contributed by atoms with Gasteiger partial charge in [0.15, 0.2) is 0 Å². The van der Waals surface area contributed by atoms with E-state index in [1.807, 2.05) is 19.2 Å². The zero-order chi connectivity index (χ0) is 14.4. The average molecular weight is 278 g/mol. The molecule has 0 bridgehead atoms. The Hall–Kier alpha value is -1.13. The maximum Gasteiger partial charge on any atom is 0.127 e. The third kappa shape index (κ3) is 4.18. The molecular formula is C16H26N2O2. The summed E-state index contributed by atoms with van der Waals surface area (Å²) in [6.45, 7) is 5.86. The molecule has 20 heavy (non-hydrogen) atoms. The van der Waals surface area contributed by atoms with E-state index in [1.165, 1.54) is 6.42 Å². The molecule has 1 N–H and O–H groups in total. The third-order valence-corrected chi connectivity index (χ3v) is 3.85. The number of methoxy groups -OCH3 is 1. The average Bonchev–Trinajstić information content (AvgIpc) is 2.47. The second-order valence-corrected chi connectivity index (χ2v) is 5.48. The van der Waals surface area contributed by atoms with Crippen molar-refractivity contribution < 1.29 is 9.47 Å². The van der Waals surface area contributed by atoms with Gasteiger partial charge < -0.3 is 14.8 Å². The summed E-state index contributed by atoms with van der Waals surface area (Å²) in [6, 6.07) is 2.04. The van der Waals surface area contributed by atoms with Crippen LogP contribution >= 0.6 is 0 Å². The highest BCUT2D eigenvalue weighted by molar-refractivity contribution is 5.33. The van der Waals surface area contributed by atoms with Crippen molar-refractivity contribution in [1.82, 2.24) is 10.3 Å². The maximum atomic E-state index is 6.24. The molecule has 0 aromatic carbocycles. The summed E-state index contributed by atoms with van der Waals surface area (Å²) in [4.78, 5) is 4.37. The molecule has 1 aromatic heterocycles. The molecule has 1 aliphatic rings. The molecule has 1 aliphatic carbocycles. The van der Waals surface area contributed by atoms with Gasteiger partial charge in [-0.15, -0.1) is 0 Å². The second kappa shape index (κ2) is 7.60. The molecule has 1 fully saturated rings. The first-order valence-corrected chi connectivity index (χ1v) is 7.58. The fourth-order valence-electron chi connectivity index (χ4n) is 2.67. The molecule has 112 valence electrons. The lowest BCUT2D eigenvalue weighted by Crippen LogP contribution is -2.30. The van der Waals surface area contributed by atoms with Crippen LogP contribution in [-0.2, 0) is 11.3 Å². The molecule has 0 aliphatic heterocycles. The number of rotatable bonds is 6. The van der Waals surface area contributed by atoms with Crippen LogP contribution in [0.2, 0.25) is 0 Å². The van der Waals surface area contributed by atoms with Crippen molar-refractivity contribution in [2.45, 2.75) is 58.3 Å². The molecule has 4 heteroatoms. The van der Waals surface area contributed by atoms with Gasteiger partial charge in [-0.2, -0.15) is 0 Å². The minimum Gasteiger partial charge on any atom is -0.490 e. The van der Waals surface area contributed by atoms with Crippen LogP contribution < -0.4 is 10.1 Å². The fraction of sp³-hybridized carbons (Fsp3) is 0.688. The number of pyridine rings is 1. The highest BCUT2D eigenvalue weighted by Gasteiger charge is 2.23. The smallest absolute Gasteiger partial charge is 0.127 e. The van der Waals surface area contributed by atoms with Gasteiger partial charge in [-0.1, -0.05) is 6.92 Å². The van der Waals surface area contributed by atoms with Crippen molar-refractivity contribution >= 4 is 0 Å². The van der Waals surface area contributed by atoms with E-state index in [0.29, 0.717) is 6.10 Å². The lowest BCUT2D eigenvalue weighted by Gasteiger charge is -2.29. The fourth-order valence-corrected chi connectivity index (χ4v) is 2.67. The largest absolute Gasteiger partial charge is 0.490 e. The lowest BCUT2D eigenvalue weighted by atomic mass is 9.95. The van der Waals surface area contributed by atoms with Crippen molar-refractivity contribution in [3.8, 4) is 5.75 Å². The Balaban J connectivity index is 2.04. The van der Waals surface area contributed by atoms with E-state index in [9.17, 15) is 0 Å². The van der Waals surface area contributed by atoms with Gasteiger partial charge in [-0.3, -0.25) is 4.98 Å². The second-order valence-electron chi connectivity index (χ2n) is 5.48. The van der Waals surface area contributed by atoms with Gasteiger partial charge >= 0.3 is 0 Å². The van der Waals surface area contributed by atoms with Crippen molar-refractivity contribution in [2.75, 3.05) is 13.7 Å². The number of hydrogen-bond donors (Lipinski definition) is 1. The molecule has 1 saturated carbocycles. The summed E-state index contributed by atoms with van der Waals surface area (Å²) in [7, 11) is 1.79. The van der Waals surface area contributed by atoms with Crippen LogP contribution in [0, 0.1) is 6.92 Å². The Kier molecular flexibility index (Phi) is 5.80. The molecule has 2 rings (SSSR count). The van der Waals surface area contributed by atoms with Crippen molar-refractivity contribution in [3.63, 3.8) is 0 Å². The zero-order valence-corrected chi connectivity index (χ0v) is 12.8. The molecule has 1 aromatic rings. The van der Waals surface area contributed by atoms with Crippen LogP contribution in [0.25, 0.3) is 0 Å². The Labute approximate surface area is 121 Å². The first kappa shape index (κ1) is 15.3. The third-order valence-electron chi connectivity index (χ3n) is 3.85. The van der Waals surface area contributed by atoms with Gasteiger partial charge in [-0.25, -0.2) is 0 Å². The van der Waals surface area contributed by atoms with Crippen molar-refractivity contribution in [2.24, 2.45) is 0 Å². The number of aromatic nitrogens is 1. The van der Waals surface area contributed by atoms with Crippen molar-refractivity contribution in [3.05, 3.63) is 23.5 Å². The van der Waals surface area contributed by atoms with Gasteiger partial charge in [-0.05, 0) is 32.7 Å². The van der Waals surface area contributed by atoms with Gasteiger partial charge in [0.25, 0.3) is 0 Å². The Morgan fingerprint density at radius 1 is 1.35 bits per heavy atom. The van der Waals surface area contributed by atoms with Crippen LogP contribution in [0.1, 0.15) is 43.9 Å². The Morgan fingerprint density at radius 3 is 2.90 bits per heavy atom. The molecule has 4 nitrogen and oxygen atoms in total. The summed E-state index contributed by atoms with van der Waals surface area (Å²) < 4.78 is 11.7. The summed E-state index contributed by atoms with van der Waals surface area (Å²) >= 11 is 0. The summed E-state index contributed by atoms with van der Waals surface area (Å²) in [6.07, 6.45) is 6.95. The van der Waals surface area contributed by atoms with Crippen LogP contribution in [0.5, 0.6) is 5.75 Å². The molecule has 0 radical (unpaired) electrons. The van der Waals surface area contributed by atoms with Crippen LogP contribution in [-0.4, -0.2) is 30.8 Å². The van der Waals surface area contributed by atoms with E-state index >= 15 is 0 Å². The first-order valence-electron chi connectivity index (χ1n) is 7.58. The predicted octanol–water partition coefficient (Wildman–Crippen LogP) is 2.84. The van der Waals surface area contributed by atoms with E-state index in [0.717, 1.165) is 49.4 Å². The molecule has 2 atom stereocenters. The molecule has 0 saturated heterocycles. The van der Waals surface area contributed by atoms with E-state index in [2.05, 4.69) is 17.2 Å². The first-order chi connectivity index (χ1) is 9.72. The van der Waals surface area contributed by atoms with E-state index < -0.39 is 0 Å². The normalized spacial score (nSPS) is 22.8. The zero-order valence-electron chi connectivity index (χ0n) is 12.8. The van der Waals surface area contributed by atoms with E-state index in [1.54, 1.807) is 7.11 Å². The SMILES string of the molecule is CCNCc1cnc(C)cc1OC1CCCC(OC)C1. The van der Waals surface area contributed by atoms with Gasteiger partial charge in [0, 0.05) is 43.6 Å². The number of nitrogens with zero attached hydrogens (tertiary/aromatic N) is 1. The minimum absolute atomic E-state index is 0.260. The molecule has 0 spiro atoms. The van der Waals surface area contributed by atoms with E-state index in [4.69, 9.17) is 9.47 Å². The number of ether oxygens (including phenoxy) is 2. The molecule has 2 unspecified atom stereocenters. The maximum absolute atomic E-state index is 6.24. The highest BCUT2D eigenvalue weighted by atomic mass is 16.5. The summed E-state index contributed by atoms with van der Waals surface area (Å²) in [5, 5.41) is 3.34. The Morgan fingerprint density at radius 2 is 2.15 bits per heavy atom. The summed E-state index contributed by atoms with van der Waals surface area (Å²) in [5.41, 5.74) is 2.14. The topological polar surface area (TPSA) is 43.4 Å². The number of nitrogens with one attached hydrogen (secondary N) is 1. The standard InChI is InChI=1S/C16H26N2O2/c1-4-17-10-13-11-18-12(2)8-16(13)20-15-7-5-6-14(9-15)19-3/h8,11,14-15,17H,4-7,9-10H2,1-3H3. The van der Waals surface area contributed by atoms with E-state index in [-0.39, 0.29) is 6.10 Å². The van der Waals surface area contributed by atoms with Crippen LogP contribution in [0.4, 0.5) is 0 Å². The van der Waals surface area contributed by atoms with Gasteiger partial charge in [0.05, 0.1) is 6.10 Å². The molecule has 1 heterocycles. The van der Waals surface area contributed by atoms with Crippen LogP contribution in [0.3, 0.4) is 0 Å². The molecule has 0 amide bonds. The molecular weight excluding hydrogens is 252 g/mol. The van der Waals surface area contributed by atoms with Gasteiger partial charge in [0.1, 0.15) is 11.9 Å². The quantitative estimate of drug-likeness (QED) is 0.869. The predicted molar refractivity (Wildman–Crippen MR) is 80.0 cm³/mol. The highest BCUT2D eigenvalue weighted by Crippen LogP contribution is 2.27. The Bertz CT molecular complexity index is 423. The minimum atomic E-state index is 0.260. The summed E-state index contributed by atoms with van der Waals surface area (Å²) in [5.74, 6) is 0.972. The lowest BCUT2D eigenvalue weighted by molar-refractivity contribution is 0.0206. The van der Waals surface area contributed by atoms with Crippen molar-refractivity contribution in [1.29, 1.82) is 0 Å². The number of aryl methyl sites for hydroxylation is 1. The van der Waals surface area contributed by atoms with Crippen LogP contribution in [0.15, 0.2) is 12.3 Å². The number of hydrogen-bond acceptors (Lipinski definition) is 4. The monoisotopic (exact) mass is 278 g/mol. The van der Waals surface area contributed by atoms with Gasteiger partial charge in [0.2, 0.25) is 0 Å².